The first-order valence-corrected chi connectivity index (χ1v) is 5.15. The van der Waals surface area contributed by atoms with Crippen molar-refractivity contribution in [2.45, 2.75) is 13.3 Å². The third-order valence-electron chi connectivity index (χ3n) is 1.85. The standard InChI is InChI=1S/C10H13Cl2N/c1-2-13-7-6-8-4-3-5-9(11)10(8)12/h3-5,13H,2,6-7H2,1H3. The number of benzene rings is 1. The summed E-state index contributed by atoms with van der Waals surface area (Å²) in [6.45, 7) is 4.01. The molecule has 0 heterocycles. The van der Waals surface area contributed by atoms with Crippen LogP contribution in [0.25, 0.3) is 0 Å². The van der Waals surface area contributed by atoms with Gasteiger partial charge in [0.05, 0.1) is 10.0 Å². The molecule has 1 aromatic carbocycles. The van der Waals surface area contributed by atoms with Crippen molar-refractivity contribution in [3.05, 3.63) is 33.8 Å². The quantitative estimate of drug-likeness (QED) is 0.765. The second-order valence-electron chi connectivity index (χ2n) is 2.82. The normalized spacial score (nSPS) is 10.4. The average Bonchev–Trinajstić information content (AvgIpc) is 2.13. The smallest absolute Gasteiger partial charge is 0.0624 e. The molecule has 1 N–H and O–H groups in total. The summed E-state index contributed by atoms with van der Waals surface area (Å²) in [5.74, 6) is 0. The molecule has 0 amide bonds. The summed E-state index contributed by atoms with van der Waals surface area (Å²) in [6, 6.07) is 5.74. The van der Waals surface area contributed by atoms with Gasteiger partial charge in [0, 0.05) is 0 Å². The monoisotopic (exact) mass is 217 g/mol. The topological polar surface area (TPSA) is 12.0 Å². The van der Waals surface area contributed by atoms with E-state index >= 15 is 0 Å². The molecule has 0 unspecified atom stereocenters. The minimum atomic E-state index is 0.635. The lowest BCUT2D eigenvalue weighted by atomic mass is 10.1. The highest BCUT2D eigenvalue weighted by Gasteiger charge is 2.02. The zero-order valence-corrected chi connectivity index (χ0v) is 9.12. The van der Waals surface area contributed by atoms with E-state index in [-0.39, 0.29) is 0 Å². The number of nitrogens with one attached hydrogen (secondary N) is 1. The lowest BCUT2D eigenvalue weighted by molar-refractivity contribution is 0.717. The van der Waals surface area contributed by atoms with Crippen molar-refractivity contribution in [3.8, 4) is 0 Å². The maximum absolute atomic E-state index is 6.01. The van der Waals surface area contributed by atoms with Crippen LogP contribution in [0, 0.1) is 0 Å². The van der Waals surface area contributed by atoms with Crippen molar-refractivity contribution in [1.29, 1.82) is 0 Å². The van der Waals surface area contributed by atoms with Gasteiger partial charge in [-0.1, -0.05) is 42.3 Å². The van der Waals surface area contributed by atoms with E-state index in [2.05, 4.69) is 12.2 Å². The fraction of sp³-hybridized carbons (Fsp3) is 0.400. The fourth-order valence-electron chi connectivity index (χ4n) is 1.14. The number of likely N-dealkylation sites (N-methyl/N-ethyl adjacent to an activating group) is 1. The van der Waals surface area contributed by atoms with E-state index < -0.39 is 0 Å². The molecule has 0 aliphatic heterocycles. The van der Waals surface area contributed by atoms with Crippen LogP contribution in [0.15, 0.2) is 18.2 Å². The lowest BCUT2D eigenvalue weighted by Crippen LogP contribution is -2.16. The van der Waals surface area contributed by atoms with Gasteiger partial charge in [-0.2, -0.15) is 0 Å². The minimum absolute atomic E-state index is 0.635. The molecule has 0 fully saturated rings. The molecule has 0 atom stereocenters. The van der Waals surface area contributed by atoms with Crippen LogP contribution in [0.3, 0.4) is 0 Å². The van der Waals surface area contributed by atoms with E-state index in [0.717, 1.165) is 25.1 Å². The molecule has 3 heteroatoms. The van der Waals surface area contributed by atoms with Crippen molar-refractivity contribution >= 4 is 23.2 Å². The van der Waals surface area contributed by atoms with Gasteiger partial charge in [-0.15, -0.1) is 0 Å². The van der Waals surface area contributed by atoms with Gasteiger partial charge in [-0.3, -0.25) is 0 Å². The van der Waals surface area contributed by atoms with Crippen LogP contribution >= 0.6 is 23.2 Å². The Balaban J connectivity index is 2.61. The van der Waals surface area contributed by atoms with Crippen LogP contribution in [0.2, 0.25) is 10.0 Å². The fourth-order valence-corrected chi connectivity index (χ4v) is 1.56. The highest BCUT2D eigenvalue weighted by Crippen LogP contribution is 2.25. The number of halogens is 2. The SMILES string of the molecule is CCNCCc1cccc(Cl)c1Cl. The molecule has 0 bridgehead atoms. The second-order valence-corrected chi connectivity index (χ2v) is 3.60. The van der Waals surface area contributed by atoms with Gasteiger partial charge in [0.2, 0.25) is 0 Å². The molecule has 1 nitrogen and oxygen atoms in total. The highest BCUT2D eigenvalue weighted by molar-refractivity contribution is 6.42. The summed E-state index contributed by atoms with van der Waals surface area (Å²) in [5, 5.41) is 4.56. The molecule has 13 heavy (non-hydrogen) atoms. The van der Waals surface area contributed by atoms with Crippen LogP contribution in [0.5, 0.6) is 0 Å². The summed E-state index contributed by atoms with van der Waals surface area (Å²) >= 11 is 11.9. The third-order valence-corrected chi connectivity index (χ3v) is 2.71. The van der Waals surface area contributed by atoms with E-state index in [1.54, 1.807) is 6.07 Å². The maximum Gasteiger partial charge on any atom is 0.0624 e. The van der Waals surface area contributed by atoms with Crippen LogP contribution in [0.4, 0.5) is 0 Å². The maximum atomic E-state index is 6.01. The van der Waals surface area contributed by atoms with Crippen LogP contribution in [-0.2, 0) is 6.42 Å². The van der Waals surface area contributed by atoms with Gasteiger partial charge < -0.3 is 5.32 Å². The van der Waals surface area contributed by atoms with Crippen molar-refractivity contribution < 1.29 is 0 Å². The van der Waals surface area contributed by atoms with E-state index in [1.165, 1.54) is 0 Å². The van der Waals surface area contributed by atoms with Gasteiger partial charge in [-0.05, 0) is 31.1 Å². The molecule has 0 spiro atoms. The summed E-state index contributed by atoms with van der Waals surface area (Å²) in [7, 11) is 0. The molecule has 1 aromatic rings. The van der Waals surface area contributed by atoms with E-state index in [4.69, 9.17) is 23.2 Å². The molecule has 0 aliphatic carbocycles. The number of rotatable bonds is 4. The van der Waals surface area contributed by atoms with Crippen LogP contribution in [-0.4, -0.2) is 13.1 Å². The van der Waals surface area contributed by atoms with Crippen LogP contribution in [0.1, 0.15) is 12.5 Å². The Bertz CT molecular complexity index is 274. The van der Waals surface area contributed by atoms with E-state index in [9.17, 15) is 0 Å². The highest BCUT2D eigenvalue weighted by atomic mass is 35.5. The van der Waals surface area contributed by atoms with Crippen molar-refractivity contribution in [3.63, 3.8) is 0 Å². The molecule has 0 radical (unpaired) electrons. The Kier molecular flexibility index (Phi) is 4.57. The Morgan fingerprint density at radius 3 is 2.77 bits per heavy atom. The predicted octanol–water partition coefficient (Wildman–Crippen LogP) is 3.15. The van der Waals surface area contributed by atoms with Crippen molar-refractivity contribution in [1.82, 2.24) is 5.32 Å². The molecule has 0 saturated carbocycles. The van der Waals surface area contributed by atoms with Crippen molar-refractivity contribution in [2.24, 2.45) is 0 Å². The van der Waals surface area contributed by atoms with Gasteiger partial charge in [0.25, 0.3) is 0 Å². The Hall–Kier alpha value is -0.240. The molecule has 0 aliphatic rings. The Morgan fingerprint density at radius 1 is 1.31 bits per heavy atom. The lowest BCUT2D eigenvalue weighted by Gasteiger charge is -2.05. The first-order valence-electron chi connectivity index (χ1n) is 4.39. The number of hydrogen-bond acceptors (Lipinski definition) is 1. The summed E-state index contributed by atoms with van der Waals surface area (Å²) in [6.07, 6.45) is 0.924. The van der Waals surface area contributed by atoms with Gasteiger partial charge in [0.15, 0.2) is 0 Å². The minimum Gasteiger partial charge on any atom is -0.317 e. The van der Waals surface area contributed by atoms with E-state index in [1.807, 2.05) is 12.1 Å². The molecular weight excluding hydrogens is 205 g/mol. The van der Waals surface area contributed by atoms with Gasteiger partial charge >= 0.3 is 0 Å². The predicted molar refractivity (Wildman–Crippen MR) is 58.7 cm³/mol. The largest absolute Gasteiger partial charge is 0.317 e. The van der Waals surface area contributed by atoms with Crippen LogP contribution < -0.4 is 5.32 Å². The average molecular weight is 218 g/mol. The van der Waals surface area contributed by atoms with Crippen molar-refractivity contribution in [2.75, 3.05) is 13.1 Å². The van der Waals surface area contributed by atoms with Gasteiger partial charge in [-0.25, -0.2) is 0 Å². The van der Waals surface area contributed by atoms with E-state index in [0.29, 0.717) is 10.0 Å². The summed E-state index contributed by atoms with van der Waals surface area (Å²) in [5.41, 5.74) is 1.11. The third kappa shape index (κ3) is 3.18. The zero-order valence-electron chi connectivity index (χ0n) is 7.61. The summed E-state index contributed by atoms with van der Waals surface area (Å²) in [4.78, 5) is 0. The molecule has 0 aromatic heterocycles. The molecule has 0 saturated heterocycles. The molecule has 1 rings (SSSR count). The zero-order chi connectivity index (χ0) is 9.68. The number of hydrogen-bond donors (Lipinski definition) is 1. The Morgan fingerprint density at radius 2 is 2.08 bits per heavy atom. The first-order chi connectivity index (χ1) is 6.25. The molecule has 72 valence electrons. The second kappa shape index (κ2) is 5.48. The molecular formula is C10H13Cl2N. The Labute approximate surface area is 89.0 Å². The van der Waals surface area contributed by atoms with Gasteiger partial charge in [0.1, 0.15) is 0 Å². The summed E-state index contributed by atoms with van der Waals surface area (Å²) < 4.78 is 0. The first kappa shape index (κ1) is 10.8.